The molecule has 59 heavy (non-hydrogen) atoms. The number of nitrogens with zero attached hydrogens (tertiary/aromatic N) is 1. The number of aliphatic hydroxyl groups excluding tert-OH is 4. The second-order valence-corrected chi connectivity index (χ2v) is 16.3. The molecule has 4 amide bonds. The number of halogens is 2. The number of piperidine rings is 1. The van der Waals surface area contributed by atoms with Crippen LogP contribution in [0.3, 0.4) is 0 Å². The minimum atomic E-state index is -3.21. The highest BCUT2D eigenvalue weighted by molar-refractivity contribution is 7.10. The summed E-state index contributed by atoms with van der Waals surface area (Å²) in [5.74, 6) is -5.33. The van der Waals surface area contributed by atoms with Crippen LogP contribution in [0.4, 0.5) is 8.78 Å². The van der Waals surface area contributed by atoms with Crippen molar-refractivity contribution in [1.29, 1.82) is 5.41 Å². The second kappa shape index (κ2) is 17.8. The number of nitrogens with two attached hydrogens (primary N) is 1. The third-order valence-electron chi connectivity index (χ3n) is 11.1. The van der Waals surface area contributed by atoms with Crippen molar-refractivity contribution < 1.29 is 53.1 Å². The molecule has 1 saturated heterocycles. The van der Waals surface area contributed by atoms with Gasteiger partial charge in [-0.25, -0.2) is 0 Å². The average molecular weight is 842 g/mol. The van der Waals surface area contributed by atoms with Crippen LogP contribution in [0.1, 0.15) is 64.7 Å². The van der Waals surface area contributed by atoms with Gasteiger partial charge in [0, 0.05) is 57.1 Å². The molecule has 2 aliphatic carbocycles. The van der Waals surface area contributed by atoms with Gasteiger partial charge in [-0.1, -0.05) is 30.3 Å². The number of alkyl halides is 2. The molecule has 1 aromatic heterocycles. The Bertz CT molecular complexity index is 2090. The number of nitrogens with one attached hydrogen (secondary N) is 5. The van der Waals surface area contributed by atoms with Gasteiger partial charge in [0.05, 0.1) is 44.6 Å². The van der Waals surface area contributed by atoms with Crippen molar-refractivity contribution in [2.45, 2.75) is 75.2 Å². The molecule has 1 aliphatic heterocycles. The van der Waals surface area contributed by atoms with E-state index in [2.05, 4.69) is 21.3 Å². The van der Waals surface area contributed by atoms with Crippen LogP contribution in [0.25, 0.3) is 11.1 Å². The molecule has 2 aromatic carbocycles. The van der Waals surface area contributed by atoms with Gasteiger partial charge in [0.1, 0.15) is 24.1 Å². The number of likely N-dealkylation sites (tertiary alicyclic amines) is 1. The highest BCUT2D eigenvalue weighted by atomic mass is 32.1. The summed E-state index contributed by atoms with van der Waals surface area (Å²) < 4.78 is 36.1. The Labute approximate surface area is 342 Å². The zero-order valence-corrected chi connectivity index (χ0v) is 33.2. The van der Waals surface area contributed by atoms with E-state index in [0.717, 1.165) is 4.88 Å². The van der Waals surface area contributed by atoms with Gasteiger partial charge in [-0.05, 0) is 56.0 Å². The van der Waals surface area contributed by atoms with Crippen LogP contribution in [0.2, 0.25) is 0 Å². The first kappa shape index (κ1) is 43.7. The number of amidine groups is 1. The predicted octanol–water partition coefficient (Wildman–Crippen LogP) is 0.305. The highest BCUT2D eigenvalue weighted by Gasteiger charge is 2.67. The molecule has 2 heterocycles. The van der Waals surface area contributed by atoms with Crippen LogP contribution in [0.15, 0.2) is 53.9 Å². The fraction of sp³-hybridized carbons (Fsp3) is 0.475. The van der Waals surface area contributed by atoms with Gasteiger partial charge in [-0.2, -0.15) is 8.78 Å². The van der Waals surface area contributed by atoms with E-state index in [1.165, 1.54) is 53.5 Å². The summed E-state index contributed by atoms with van der Waals surface area (Å²) >= 11 is 1.33. The van der Waals surface area contributed by atoms with E-state index < -0.39 is 78.0 Å². The lowest BCUT2D eigenvalue weighted by Crippen LogP contribution is -2.51. The lowest BCUT2D eigenvalue weighted by molar-refractivity contribution is -0.139. The quantitative estimate of drug-likeness (QED) is 0.0446. The number of ether oxygens (including phenoxy) is 1. The minimum Gasteiger partial charge on any atom is -0.391 e. The molecule has 0 bridgehead atoms. The standard InChI is InChI=1S/C40H49F2N7O9S/c1-20(30-12-23(18-59-30)36(43)44)48-38(57)28-13-39(19-58-10-9-46-32(52)16-45-15-29(51)35(55)34(54)21(2)50)14-31(39)49(28)33(53)17-47-37(56)22-7-8-27-25(11-22)24-5-3-4-6-26(24)40(27,41)42/h3-8,11-12,18,20-21,28-29,31,34-35,45,50-51,54-55H,9-10,13-17,19H2,1-2H3,(H3,43,44)(H,46,52)(H,47,56)(H,48,57)/t20?,21?,28-,29?,31-,34?,35?,39+/m0/s1. The zero-order chi connectivity index (χ0) is 42.8. The van der Waals surface area contributed by atoms with Gasteiger partial charge in [-0.3, -0.25) is 24.6 Å². The largest absolute Gasteiger partial charge is 0.391 e. The molecule has 1 saturated carbocycles. The van der Waals surface area contributed by atoms with E-state index in [9.17, 15) is 39.6 Å². The Kier molecular flexibility index (Phi) is 13.2. The summed E-state index contributed by atoms with van der Waals surface area (Å²) in [6, 6.07) is 9.94. The van der Waals surface area contributed by atoms with Gasteiger partial charge >= 0.3 is 0 Å². The van der Waals surface area contributed by atoms with Crippen molar-refractivity contribution in [1.82, 2.24) is 26.2 Å². The maximum atomic E-state index is 15.1. The number of rotatable bonds is 19. The SMILES string of the molecule is CC(NC(=O)[C@@H]1C[C@]2(COCCNC(=O)CNCC(O)C(O)C(O)C(C)O)C[C@@H]2N1C(=O)CNC(=O)c1ccc2c(c1)-c1ccccc1C2(F)F)c1cc(C(=N)N)cs1. The van der Waals surface area contributed by atoms with Crippen molar-refractivity contribution >= 4 is 40.8 Å². The van der Waals surface area contributed by atoms with Crippen LogP contribution in [-0.2, 0) is 25.0 Å². The number of nitrogen functional groups attached to an aromatic ring is 1. The van der Waals surface area contributed by atoms with Crippen LogP contribution in [-0.4, -0.2) is 131 Å². The van der Waals surface area contributed by atoms with E-state index >= 15 is 8.78 Å². The van der Waals surface area contributed by atoms with Crippen LogP contribution < -0.4 is 27.0 Å². The molecule has 0 spiro atoms. The predicted molar refractivity (Wildman–Crippen MR) is 212 cm³/mol. The number of hydrogen-bond acceptors (Lipinski definition) is 12. The fourth-order valence-electron chi connectivity index (χ4n) is 7.76. The van der Waals surface area contributed by atoms with Gasteiger partial charge in [-0.15, -0.1) is 11.3 Å². The van der Waals surface area contributed by atoms with E-state index in [0.29, 0.717) is 17.5 Å². The number of amides is 4. The van der Waals surface area contributed by atoms with Crippen molar-refractivity contribution in [3.8, 4) is 11.1 Å². The third-order valence-corrected chi connectivity index (χ3v) is 12.3. The van der Waals surface area contributed by atoms with E-state index in [1.807, 2.05) is 0 Å². The first-order valence-corrected chi connectivity index (χ1v) is 20.1. The van der Waals surface area contributed by atoms with Crippen LogP contribution >= 0.6 is 11.3 Å². The Morgan fingerprint density at radius 1 is 0.966 bits per heavy atom. The lowest BCUT2D eigenvalue weighted by atomic mass is 10.00. The van der Waals surface area contributed by atoms with Crippen LogP contribution in [0, 0.1) is 10.8 Å². The Balaban J connectivity index is 1.05. The van der Waals surface area contributed by atoms with Crippen LogP contribution in [0.5, 0.6) is 0 Å². The molecule has 5 unspecified atom stereocenters. The smallest absolute Gasteiger partial charge is 0.299 e. The second-order valence-electron chi connectivity index (χ2n) is 15.4. The molecule has 11 N–H and O–H groups in total. The van der Waals surface area contributed by atoms with Crippen molar-refractivity contribution in [2.75, 3.05) is 39.4 Å². The molecular weight excluding hydrogens is 793 g/mol. The maximum absolute atomic E-state index is 15.1. The molecule has 0 radical (unpaired) electrons. The molecule has 318 valence electrons. The zero-order valence-electron chi connectivity index (χ0n) is 32.4. The Morgan fingerprint density at radius 3 is 2.41 bits per heavy atom. The molecule has 8 atom stereocenters. The van der Waals surface area contributed by atoms with Gasteiger partial charge in [0.2, 0.25) is 17.7 Å². The first-order chi connectivity index (χ1) is 27.9. The van der Waals surface area contributed by atoms with E-state index in [1.54, 1.807) is 30.5 Å². The monoisotopic (exact) mass is 841 g/mol. The summed E-state index contributed by atoms with van der Waals surface area (Å²) in [7, 11) is 0. The summed E-state index contributed by atoms with van der Waals surface area (Å²) in [6.07, 6.45) is -5.06. The summed E-state index contributed by atoms with van der Waals surface area (Å²) in [6.45, 7) is 2.55. The van der Waals surface area contributed by atoms with Gasteiger partial charge in [0.15, 0.2) is 0 Å². The average Bonchev–Trinajstić information content (AvgIpc) is 3.47. The summed E-state index contributed by atoms with van der Waals surface area (Å²) in [5, 5.41) is 59.2. The molecule has 2 fully saturated rings. The van der Waals surface area contributed by atoms with Gasteiger partial charge < -0.3 is 57.1 Å². The summed E-state index contributed by atoms with van der Waals surface area (Å²) in [4.78, 5) is 55.5. The number of carbonyl (C=O) groups is 4. The van der Waals surface area contributed by atoms with E-state index in [4.69, 9.17) is 15.9 Å². The van der Waals surface area contributed by atoms with Crippen molar-refractivity contribution in [3.63, 3.8) is 0 Å². The molecule has 16 nitrogen and oxygen atoms in total. The molecule has 3 aliphatic rings. The fourth-order valence-corrected chi connectivity index (χ4v) is 8.67. The third kappa shape index (κ3) is 9.30. The molecule has 6 rings (SSSR count). The Morgan fingerprint density at radius 2 is 1.69 bits per heavy atom. The number of aliphatic hydroxyl groups is 4. The maximum Gasteiger partial charge on any atom is 0.299 e. The first-order valence-electron chi connectivity index (χ1n) is 19.2. The Hall–Kier alpha value is -4.89. The normalized spacial score (nSPS) is 22.2. The van der Waals surface area contributed by atoms with E-state index in [-0.39, 0.29) is 73.4 Å². The molecule has 19 heteroatoms. The van der Waals surface area contributed by atoms with Crippen molar-refractivity contribution in [3.05, 3.63) is 81.0 Å². The lowest BCUT2D eigenvalue weighted by Gasteiger charge is -2.28. The number of carbonyl (C=O) groups excluding carboxylic acids is 4. The minimum absolute atomic E-state index is 0.0930. The van der Waals surface area contributed by atoms with Gasteiger partial charge in [0.25, 0.3) is 11.8 Å². The molecule has 3 aromatic rings. The molecular formula is C40H49F2N7O9S. The number of benzene rings is 2. The summed E-state index contributed by atoms with van der Waals surface area (Å²) in [5.41, 5.74) is 5.87. The number of hydrogen-bond donors (Lipinski definition) is 10. The topological polar surface area (TPSA) is 260 Å². The number of thiophene rings is 1. The van der Waals surface area contributed by atoms with Crippen molar-refractivity contribution in [2.24, 2.45) is 11.1 Å². The highest BCUT2D eigenvalue weighted by Crippen LogP contribution is 2.59. The number of fused-ring (bicyclic) bond motifs is 4.